The van der Waals surface area contributed by atoms with Crippen LogP contribution in [-0.4, -0.2) is 120 Å². The molecule has 4 aliphatic rings. The van der Waals surface area contributed by atoms with E-state index in [0.717, 1.165) is 64.8 Å². The molecule has 1 unspecified atom stereocenters. The third-order valence-electron chi connectivity index (χ3n) is 9.50. The molecule has 0 radical (unpaired) electrons. The van der Waals surface area contributed by atoms with Gasteiger partial charge in [-0.05, 0) is 87.7 Å². The van der Waals surface area contributed by atoms with Gasteiger partial charge in [0.25, 0.3) is 5.91 Å². The summed E-state index contributed by atoms with van der Waals surface area (Å²) >= 11 is 8.66. The molecular formula is C31H40Br2N6O4S. The molecule has 3 fully saturated rings. The van der Waals surface area contributed by atoms with E-state index in [1.54, 1.807) is 16.2 Å². The van der Waals surface area contributed by atoms with Gasteiger partial charge >= 0.3 is 12.1 Å². The molecule has 6 rings (SSSR count). The molecule has 2 aromatic rings. The fraction of sp³-hybridized carbons (Fsp3) is 0.581. The van der Waals surface area contributed by atoms with Crippen molar-refractivity contribution >= 4 is 66.9 Å². The van der Waals surface area contributed by atoms with Crippen LogP contribution in [0.15, 0.2) is 37.9 Å². The van der Waals surface area contributed by atoms with E-state index in [2.05, 4.69) is 59.4 Å². The molecule has 5 heterocycles. The summed E-state index contributed by atoms with van der Waals surface area (Å²) in [6.45, 7) is 7.19. The second-order valence-electron chi connectivity index (χ2n) is 12.3. The summed E-state index contributed by atoms with van der Waals surface area (Å²) in [5, 5.41) is 7.02. The van der Waals surface area contributed by atoms with Gasteiger partial charge in [-0.2, -0.15) is 0 Å². The maximum absolute atomic E-state index is 13.9. The minimum absolute atomic E-state index is 0.0474. The average molecular weight is 753 g/mol. The number of benzene rings is 1. The molecule has 0 spiro atoms. The number of piperazine rings is 1. The number of nitrogens with one attached hydrogen (secondary N) is 1. The first-order valence-electron chi connectivity index (χ1n) is 15.5. The van der Waals surface area contributed by atoms with Gasteiger partial charge in [-0.1, -0.05) is 6.07 Å². The van der Waals surface area contributed by atoms with Gasteiger partial charge in [0.1, 0.15) is 0 Å². The molecule has 1 aromatic carbocycles. The van der Waals surface area contributed by atoms with Crippen molar-refractivity contribution in [3.05, 3.63) is 49.0 Å². The van der Waals surface area contributed by atoms with Crippen LogP contribution in [0.5, 0.6) is 0 Å². The van der Waals surface area contributed by atoms with Crippen molar-refractivity contribution < 1.29 is 19.1 Å². The number of halogens is 2. The number of likely N-dealkylation sites (N-methyl/N-ethyl adjacent to an activating group) is 1. The maximum Gasteiger partial charge on any atom is 0.410 e. The first-order chi connectivity index (χ1) is 21.2. The zero-order valence-corrected chi connectivity index (χ0v) is 29.0. The van der Waals surface area contributed by atoms with E-state index >= 15 is 0 Å². The van der Waals surface area contributed by atoms with Crippen LogP contribution in [0.3, 0.4) is 0 Å². The Bertz CT molecular complexity index is 1350. The summed E-state index contributed by atoms with van der Waals surface area (Å²) in [4.78, 5) is 50.5. The Morgan fingerprint density at radius 2 is 1.61 bits per heavy atom. The molecule has 1 atom stereocenters. The van der Waals surface area contributed by atoms with Gasteiger partial charge in [0, 0.05) is 90.8 Å². The van der Waals surface area contributed by atoms with Gasteiger partial charge in [-0.3, -0.25) is 9.69 Å². The van der Waals surface area contributed by atoms with E-state index in [-0.39, 0.29) is 18.0 Å². The van der Waals surface area contributed by atoms with Gasteiger partial charge in [0.2, 0.25) is 0 Å². The number of amides is 4. The van der Waals surface area contributed by atoms with Crippen molar-refractivity contribution in [2.24, 2.45) is 0 Å². The van der Waals surface area contributed by atoms with E-state index in [1.807, 2.05) is 33.4 Å². The quantitative estimate of drug-likeness (QED) is 0.444. The number of urea groups is 1. The molecule has 4 amide bonds. The Morgan fingerprint density at radius 3 is 2.32 bits per heavy atom. The Hall–Kier alpha value is -2.19. The van der Waals surface area contributed by atoms with Crippen LogP contribution in [0.25, 0.3) is 0 Å². The number of thiophene rings is 1. The van der Waals surface area contributed by atoms with Gasteiger partial charge in [0.15, 0.2) is 6.10 Å². The predicted octanol–water partition coefficient (Wildman–Crippen LogP) is 5.07. The van der Waals surface area contributed by atoms with E-state index in [9.17, 15) is 14.4 Å². The highest BCUT2D eigenvalue weighted by molar-refractivity contribution is 9.13. The van der Waals surface area contributed by atoms with E-state index in [0.29, 0.717) is 58.0 Å². The van der Waals surface area contributed by atoms with Crippen LogP contribution >= 0.6 is 43.2 Å². The van der Waals surface area contributed by atoms with Crippen LogP contribution in [0.4, 0.5) is 15.3 Å². The predicted molar refractivity (Wildman–Crippen MR) is 178 cm³/mol. The van der Waals surface area contributed by atoms with Crippen molar-refractivity contribution in [3.63, 3.8) is 0 Å². The number of nitrogens with zero attached hydrogens (tertiary/aromatic N) is 5. The number of piperidine rings is 2. The molecule has 13 heteroatoms. The minimum atomic E-state index is -0.904. The third-order valence-corrected chi connectivity index (χ3v) is 12.2. The summed E-state index contributed by atoms with van der Waals surface area (Å²) in [6, 6.07) is 6.31. The number of carbonyl (C=O) groups is 3. The van der Waals surface area contributed by atoms with Gasteiger partial charge in [-0.15, -0.1) is 11.3 Å². The molecule has 3 saturated heterocycles. The Labute approximate surface area is 279 Å². The molecule has 1 N–H and O–H groups in total. The highest BCUT2D eigenvalue weighted by atomic mass is 79.9. The summed E-state index contributed by atoms with van der Waals surface area (Å²) < 4.78 is 7.84. The largest absolute Gasteiger partial charge is 0.436 e. The average Bonchev–Trinajstić information content (AvgIpc) is 3.49. The zero-order chi connectivity index (χ0) is 30.8. The van der Waals surface area contributed by atoms with E-state index < -0.39 is 12.2 Å². The fourth-order valence-electron chi connectivity index (χ4n) is 6.75. The molecule has 10 nitrogen and oxygen atoms in total. The summed E-state index contributed by atoms with van der Waals surface area (Å²) in [6.07, 6.45) is 2.14. The van der Waals surface area contributed by atoms with Crippen molar-refractivity contribution in [3.8, 4) is 0 Å². The first kappa shape index (κ1) is 31.8. The third kappa shape index (κ3) is 7.27. The van der Waals surface area contributed by atoms with Crippen LogP contribution in [0.2, 0.25) is 0 Å². The van der Waals surface area contributed by atoms with Gasteiger partial charge < -0.3 is 29.7 Å². The van der Waals surface area contributed by atoms with Crippen LogP contribution in [-0.2, 0) is 22.5 Å². The molecule has 0 aliphatic carbocycles. The van der Waals surface area contributed by atoms with Crippen molar-refractivity contribution in [2.75, 3.05) is 64.7 Å². The Kier molecular flexibility index (Phi) is 10.2. The number of ether oxygens (including phenoxy) is 1. The second kappa shape index (κ2) is 14.1. The molecule has 0 bridgehead atoms. The molecular weight excluding hydrogens is 712 g/mol. The number of anilines is 1. The number of hydrogen-bond acceptors (Lipinski definition) is 7. The molecule has 238 valence electrons. The van der Waals surface area contributed by atoms with Crippen LogP contribution in [0, 0.1) is 0 Å². The van der Waals surface area contributed by atoms with E-state index in [4.69, 9.17) is 4.74 Å². The Balaban J connectivity index is 1.07. The Morgan fingerprint density at radius 1 is 0.932 bits per heavy atom. The second-order valence-corrected chi connectivity index (χ2v) is 14.8. The summed E-state index contributed by atoms with van der Waals surface area (Å²) in [5.74, 6) is -0.124. The first-order valence-corrected chi connectivity index (χ1v) is 18.0. The summed E-state index contributed by atoms with van der Waals surface area (Å²) in [5.41, 5.74) is 2.94. The molecule has 0 saturated carbocycles. The zero-order valence-electron chi connectivity index (χ0n) is 25.1. The van der Waals surface area contributed by atoms with Crippen molar-refractivity contribution in [1.82, 2.24) is 24.5 Å². The smallest absolute Gasteiger partial charge is 0.410 e. The SMILES string of the molecule is CN1CCN(C2CCN(C(=O)C(Cc3ccc(Br)c(Br)c3)OC(=O)N3CCC(N4Cc5cscc5NC4=O)CC3)CC2)CC1. The lowest BCUT2D eigenvalue weighted by Gasteiger charge is -2.42. The number of hydrogen-bond donors (Lipinski definition) is 1. The van der Waals surface area contributed by atoms with E-state index in [1.165, 1.54) is 0 Å². The normalized spacial score (nSPS) is 21.6. The minimum Gasteiger partial charge on any atom is -0.436 e. The fourth-order valence-corrected chi connectivity index (χ4v) is 8.20. The van der Waals surface area contributed by atoms with Crippen LogP contribution in [0.1, 0.15) is 36.8 Å². The molecule has 44 heavy (non-hydrogen) atoms. The molecule has 4 aliphatic heterocycles. The highest BCUT2D eigenvalue weighted by Crippen LogP contribution is 2.31. The number of likely N-dealkylation sites (tertiary alicyclic amines) is 2. The number of fused-ring (bicyclic) bond motifs is 1. The standard InChI is InChI=1S/C31H40Br2N6O4S/c1-35-12-14-36(15-13-35)23-4-8-37(9-5-23)29(40)28(17-21-2-3-25(32)26(33)16-21)43-31(42)38-10-6-24(7-11-38)39-18-22-19-44-20-27(22)34-30(39)41/h2-3,16,19-20,23-24,28H,4-15,17-18H2,1H3,(H,34,41). The highest BCUT2D eigenvalue weighted by Gasteiger charge is 2.37. The number of rotatable bonds is 6. The van der Waals surface area contributed by atoms with Crippen molar-refractivity contribution in [2.45, 2.75) is 56.8 Å². The van der Waals surface area contributed by atoms with Gasteiger partial charge in [0.05, 0.1) is 12.2 Å². The lowest BCUT2D eigenvalue weighted by Crippen LogP contribution is -2.54. The lowest BCUT2D eigenvalue weighted by atomic mass is 10.0. The lowest BCUT2D eigenvalue weighted by molar-refractivity contribution is -0.142. The number of carbonyl (C=O) groups excluding carboxylic acids is 3. The monoisotopic (exact) mass is 750 g/mol. The van der Waals surface area contributed by atoms with Crippen molar-refractivity contribution in [1.29, 1.82) is 0 Å². The molecule has 1 aromatic heterocycles. The topological polar surface area (TPSA) is 88.7 Å². The van der Waals surface area contributed by atoms with Gasteiger partial charge in [-0.25, -0.2) is 9.59 Å². The summed E-state index contributed by atoms with van der Waals surface area (Å²) in [7, 11) is 2.17. The maximum atomic E-state index is 13.9. The van der Waals surface area contributed by atoms with Crippen LogP contribution < -0.4 is 5.32 Å².